The minimum atomic E-state index is -0.322. The lowest BCUT2D eigenvalue weighted by molar-refractivity contribution is 0.0601. The Kier molecular flexibility index (Phi) is 2.97. The standard InChI is InChI=1S/C11H12O2S/c1-5-11(2,3)9-6-8(7-14-9)10(12)13-4/h1,6-7H,2-4H3. The minimum absolute atomic E-state index is 0.319. The van der Waals surface area contributed by atoms with Crippen molar-refractivity contribution in [3.05, 3.63) is 21.9 Å². The Bertz CT molecular complexity index is 382. The average Bonchev–Trinajstić information content (AvgIpc) is 2.66. The summed E-state index contributed by atoms with van der Waals surface area (Å²) in [6, 6.07) is 1.79. The smallest absolute Gasteiger partial charge is 0.338 e. The van der Waals surface area contributed by atoms with E-state index in [-0.39, 0.29) is 11.4 Å². The maximum atomic E-state index is 11.2. The van der Waals surface area contributed by atoms with Gasteiger partial charge in [0.05, 0.1) is 18.1 Å². The average molecular weight is 208 g/mol. The Morgan fingerprint density at radius 1 is 1.64 bits per heavy atom. The van der Waals surface area contributed by atoms with E-state index in [2.05, 4.69) is 10.7 Å². The maximum Gasteiger partial charge on any atom is 0.338 e. The van der Waals surface area contributed by atoms with Crippen LogP contribution in [0.25, 0.3) is 0 Å². The third kappa shape index (κ3) is 1.97. The molecule has 0 bridgehead atoms. The van der Waals surface area contributed by atoms with Gasteiger partial charge in [-0.05, 0) is 19.9 Å². The highest BCUT2D eigenvalue weighted by Crippen LogP contribution is 2.28. The number of hydrogen-bond donors (Lipinski definition) is 0. The highest BCUT2D eigenvalue weighted by atomic mass is 32.1. The SMILES string of the molecule is C#CC(C)(C)c1cc(C(=O)OC)cs1. The summed E-state index contributed by atoms with van der Waals surface area (Å²) >= 11 is 1.48. The minimum Gasteiger partial charge on any atom is -0.465 e. The number of ether oxygens (including phenoxy) is 1. The van der Waals surface area contributed by atoms with Gasteiger partial charge in [0.1, 0.15) is 0 Å². The Hall–Kier alpha value is -1.27. The zero-order chi connectivity index (χ0) is 10.8. The summed E-state index contributed by atoms with van der Waals surface area (Å²) in [5, 5.41) is 1.76. The van der Waals surface area contributed by atoms with Crippen molar-refractivity contribution in [1.29, 1.82) is 0 Å². The van der Waals surface area contributed by atoms with Gasteiger partial charge in [-0.15, -0.1) is 17.8 Å². The van der Waals surface area contributed by atoms with Crippen LogP contribution in [0.2, 0.25) is 0 Å². The zero-order valence-electron chi connectivity index (χ0n) is 8.46. The molecule has 1 aromatic heterocycles. The van der Waals surface area contributed by atoms with Crippen molar-refractivity contribution in [1.82, 2.24) is 0 Å². The third-order valence-corrected chi connectivity index (χ3v) is 3.25. The number of esters is 1. The number of thiophene rings is 1. The maximum absolute atomic E-state index is 11.2. The Morgan fingerprint density at radius 3 is 2.79 bits per heavy atom. The normalized spacial score (nSPS) is 10.7. The van der Waals surface area contributed by atoms with E-state index in [1.54, 1.807) is 11.4 Å². The molecular weight excluding hydrogens is 196 g/mol. The number of rotatable bonds is 2. The fourth-order valence-electron chi connectivity index (χ4n) is 0.960. The molecule has 1 rings (SSSR count). The first-order chi connectivity index (χ1) is 6.51. The first-order valence-corrected chi connectivity index (χ1v) is 5.04. The molecule has 0 radical (unpaired) electrons. The molecule has 0 atom stereocenters. The molecule has 74 valence electrons. The molecule has 0 aromatic carbocycles. The largest absolute Gasteiger partial charge is 0.465 e. The summed E-state index contributed by atoms with van der Waals surface area (Å²) in [5.74, 6) is 2.37. The molecule has 0 unspecified atom stereocenters. The Morgan fingerprint density at radius 2 is 2.29 bits per heavy atom. The fraction of sp³-hybridized carbons (Fsp3) is 0.364. The van der Waals surface area contributed by atoms with Crippen LogP contribution in [-0.4, -0.2) is 13.1 Å². The second kappa shape index (κ2) is 3.85. The third-order valence-electron chi connectivity index (χ3n) is 2.00. The number of hydrogen-bond acceptors (Lipinski definition) is 3. The van der Waals surface area contributed by atoms with Gasteiger partial charge in [0.2, 0.25) is 0 Å². The van der Waals surface area contributed by atoms with E-state index in [0.29, 0.717) is 5.56 Å². The number of methoxy groups -OCH3 is 1. The molecule has 0 saturated carbocycles. The van der Waals surface area contributed by atoms with Crippen molar-refractivity contribution in [2.45, 2.75) is 19.3 Å². The van der Waals surface area contributed by atoms with Gasteiger partial charge in [0, 0.05) is 10.3 Å². The second-order valence-electron chi connectivity index (χ2n) is 3.46. The topological polar surface area (TPSA) is 26.3 Å². The monoisotopic (exact) mass is 208 g/mol. The van der Waals surface area contributed by atoms with Crippen LogP contribution < -0.4 is 0 Å². The van der Waals surface area contributed by atoms with Crippen molar-refractivity contribution >= 4 is 17.3 Å². The summed E-state index contributed by atoms with van der Waals surface area (Å²) < 4.78 is 4.61. The molecule has 0 aliphatic heterocycles. The molecular formula is C11H12O2S. The molecule has 1 aromatic rings. The van der Waals surface area contributed by atoms with Crippen molar-refractivity contribution in [2.24, 2.45) is 0 Å². The van der Waals surface area contributed by atoms with Gasteiger partial charge >= 0.3 is 5.97 Å². The van der Waals surface area contributed by atoms with Crippen LogP contribution in [0.3, 0.4) is 0 Å². The number of carbonyl (C=O) groups is 1. The van der Waals surface area contributed by atoms with Crippen molar-refractivity contribution in [2.75, 3.05) is 7.11 Å². The summed E-state index contributed by atoms with van der Waals surface area (Å²) in [6.45, 7) is 3.89. The summed E-state index contributed by atoms with van der Waals surface area (Å²) in [5.41, 5.74) is 0.243. The first-order valence-electron chi connectivity index (χ1n) is 4.16. The van der Waals surface area contributed by atoms with Crippen LogP contribution in [0, 0.1) is 12.3 Å². The summed E-state index contributed by atoms with van der Waals surface area (Å²) in [4.78, 5) is 12.2. The van der Waals surface area contributed by atoms with Gasteiger partial charge in [-0.2, -0.15) is 0 Å². The molecule has 0 N–H and O–H groups in total. The van der Waals surface area contributed by atoms with E-state index < -0.39 is 0 Å². The van der Waals surface area contributed by atoms with Gasteiger partial charge in [-0.3, -0.25) is 0 Å². The molecule has 0 spiro atoms. The molecule has 3 heteroatoms. The lowest BCUT2D eigenvalue weighted by atomic mass is 9.92. The molecule has 0 fully saturated rings. The van der Waals surface area contributed by atoms with Crippen molar-refractivity contribution in [3.8, 4) is 12.3 Å². The van der Waals surface area contributed by atoms with E-state index in [4.69, 9.17) is 6.42 Å². The summed E-state index contributed by atoms with van der Waals surface area (Å²) in [6.07, 6.45) is 5.40. The van der Waals surface area contributed by atoms with Crippen LogP contribution in [0.4, 0.5) is 0 Å². The quantitative estimate of drug-likeness (QED) is 0.551. The van der Waals surface area contributed by atoms with E-state index in [1.807, 2.05) is 13.8 Å². The van der Waals surface area contributed by atoms with Gasteiger partial charge in [-0.1, -0.05) is 5.92 Å². The van der Waals surface area contributed by atoms with Gasteiger partial charge < -0.3 is 4.74 Å². The molecule has 14 heavy (non-hydrogen) atoms. The van der Waals surface area contributed by atoms with Crippen molar-refractivity contribution < 1.29 is 9.53 Å². The highest BCUT2D eigenvalue weighted by Gasteiger charge is 2.21. The first kappa shape index (κ1) is 10.8. The van der Waals surface area contributed by atoms with E-state index >= 15 is 0 Å². The molecule has 0 aliphatic carbocycles. The van der Waals surface area contributed by atoms with Crippen LogP contribution in [-0.2, 0) is 10.2 Å². The number of terminal acetylenes is 1. The van der Waals surface area contributed by atoms with Crippen LogP contribution in [0.15, 0.2) is 11.4 Å². The van der Waals surface area contributed by atoms with Gasteiger partial charge in [0.15, 0.2) is 0 Å². The Balaban J connectivity index is 3.01. The predicted octanol–water partition coefficient (Wildman–Crippen LogP) is 2.45. The van der Waals surface area contributed by atoms with E-state index in [0.717, 1.165) is 4.88 Å². The lowest BCUT2D eigenvalue weighted by Gasteiger charge is -2.14. The molecule has 1 heterocycles. The van der Waals surface area contributed by atoms with E-state index in [1.165, 1.54) is 18.4 Å². The van der Waals surface area contributed by atoms with Crippen LogP contribution >= 0.6 is 11.3 Å². The lowest BCUT2D eigenvalue weighted by Crippen LogP contribution is -2.11. The summed E-state index contributed by atoms with van der Waals surface area (Å²) in [7, 11) is 1.37. The second-order valence-corrected chi connectivity index (χ2v) is 4.37. The predicted molar refractivity (Wildman–Crippen MR) is 57.5 cm³/mol. The molecule has 0 amide bonds. The highest BCUT2D eigenvalue weighted by molar-refractivity contribution is 7.10. The van der Waals surface area contributed by atoms with Gasteiger partial charge in [0.25, 0.3) is 0 Å². The zero-order valence-corrected chi connectivity index (χ0v) is 9.27. The van der Waals surface area contributed by atoms with Crippen molar-refractivity contribution in [3.63, 3.8) is 0 Å². The number of carbonyl (C=O) groups excluding carboxylic acids is 1. The fourth-order valence-corrected chi connectivity index (χ4v) is 1.93. The van der Waals surface area contributed by atoms with E-state index in [9.17, 15) is 4.79 Å². The molecule has 0 saturated heterocycles. The molecule has 2 nitrogen and oxygen atoms in total. The Labute approximate surface area is 87.9 Å². The van der Waals surface area contributed by atoms with Gasteiger partial charge in [-0.25, -0.2) is 4.79 Å². The van der Waals surface area contributed by atoms with Crippen LogP contribution in [0.5, 0.6) is 0 Å². The van der Waals surface area contributed by atoms with Crippen LogP contribution in [0.1, 0.15) is 29.1 Å². The molecule has 0 aliphatic rings.